The van der Waals surface area contributed by atoms with Gasteiger partial charge in [-0.05, 0) is 37.5 Å². The van der Waals surface area contributed by atoms with Gasteiger partial charge in [0.25, 0.3) is 0 Å². The average molecular weight is 334 g/mol. The smallest absolute Gasteiger partial charge is 0.224 e. The van der Waals surface area contributed by atoms with Gasteiger partial charge in [-0.3, -0.25) is 4.79 Å². The number of hydrogen-bond acceptors (Lipinski definition) is 5. The number of ether oxygens (including phenoxy) is 2. The van der Waals surface area contributed by atoms with Crippen molar-refractivity contribution >= 4 is 11.9 Å². The molecular formula is C18H24NO5-. The predicted molar refractivity (Wildman–Crippen MR) is 86.6 cm³/mol. The number of amides is 1. The van der Waals surface area contributed by atoms with Gasteiger partial charge in [-0.1, -0.05) is 18.9 Å². The van der Waals surface area contributed by atoms with Crippen LogP contribution >= 0.6 is 0 Å². The molecule has 0 radical (unpaired) electrons. The average Bonchev–Trinajstić information content (AvgIpc) is 2.60. The summed E-state index contributed by atoms with van der Waals surface area (Å²) in [5, 5.41) is 14.2. The molecular weight excluding hydrogens is 310 g/mol. The zero-order valence-electron chi connectivity index (χ0n) is 14.3. The molecule has 1 amide bonds. The number of carboxylic acids is 1. The van der Waals surface area contributed by atoms with E-state index in [-0.39, 0.29) is 11.9 Å². The van der Waals surface area contributed by atoms with Gasteiger partial charge in [0.2, 0.25) is 5.91 Å². The molecule has 1 aromatic carbocycles. The van der Waals surface area contributed by atoms with Crippen molar-refractivity contribution in [3.8, 4) is 11.5 Å². The van der Waals surface area contributed by atoms with Crippen molar-refractivity contribution < 1.29 is 24.2 Å². The maximum atomic E-state index is 12.5. The third kappa shape index (κ3) is 3.99. The van der Waals surface area contributed by atoms with E-state index < -0.39 is 17.8 Å². The van der Waals surface area contributed by atoms with Crippen molar-refractivity contribution in [2.24, 2.45) is 11.8 Å². The van der Waals surface area contributed by atoms with E-state index in [4.69, 9.17) is 9.47 Å². The Bertz CT molecular complexity index is 601. The minimum atomic E-state index is -1.13. The first-order valence-corrected chi connectivity index (χ1v) is 8.21. The van der Waals surface area contributed by atoms with Crippen molar-refractivity contribution in [2.75, 3.05) is 14.2 Å². The van der Waals surface area contributed by atoms with Crippen LogP contribution in [-0.2, 0) is 9.59 Å². The normalized spacial score (nSPS) is 21.6. The minimum Gasteiger partial charge on any atom is -0.550 e. The van der Waals surface area contributed by atoms with Crippen LogP contribution in [0.25, 0.3) is 0 Å². The van der Waals surface area contributed by atoms with Gasteiger partial charge >= 0.3 is 0 Å². The predicted octanol–water partition coefficient (Wildman–Crippen LogP) is 1.44. The Morgan fingerprint density at radius 2 is 1.75 bits per heavy atom. The van der Waals surface area contributed by atoms with E-state index in [1.54, 1.807) is 26.4 Å². The maximum Gasteiger partial charge on any atom is 0.224 e. The molecule has 1 aliphatic rings. The second-order valence-corrected chi connectivity index (χ2v) is 6.16. The first-order chi connectivity index (χ1) is 11.5. The van der Waals surface area contributed by atoms with Gasteiger partial charge in [0.15, 0.2) is 11.5 Å². The Morgan fingerprint density at radius 3 is 2.33 bits per heavy atom. The molecule has 0 bridgehead atoms. The fraction of sp³-hybridized carbons (Fsp3) is 0.556. The summed E-state index contributed by atoms with van der Waals surface area (Å²) in [6.07, 6.45) is 2.79. The van der Waals surface area contributed by atoms with Crippen molar-refractivity contribution in [3.05, 3.63) is 23.8 Å². The van der Waals surface area contributed by atoms with Gasteiger partial charge < -0.3 is 24.7 Å². The number of hydrogen-bond donors (Lipinski definition) is 1. The molecule has 6 heteroatoms. The van der Waals surface area contributed by atoms with E-state index in [1.165, 1.54) is 0 Å². The number of methoxy groups -OCH3 is 2. The Balaban J connectivity index is 2.09. The van der Waals surface area contributed by atoms with Crippen LogP contribution in [0.2, 0.25) is 0 Å². The summed E-state index contributed by atoms with van der Waals surface area (Å²) in [6, 6.07) is 5.17. The van der Waals surface area contributed by atoms with Crippen LogP contribution in [0.4, 0.5) is 0 Å². The molecule has 6 nitrogen and oxygen atoms in total. The van der Waals surface area contributed by atoms with E-state index in [0.717, 1.165) is 18.4 Å². The summed E-state index contributed by atoms with van der Waals surface area (Å²) in [7, 11) is 3.11. The molecule has 0 heterocycles. The molecule has 1 saturated carbocycles. The molecule has 1 aliphatic carbocycles. The van der Waals surface area contributed by atoms with Gasteiger partial charge in [0.05, 0.1) is 20.3 Å². The Morgan fingerprint density at radius 1 is 1.12 bits per heavy atom. The maximum absolute atomic E-state index is 12.5. The molecule has 3 atom stereocenters. The van der Waals surface area contributed by atoms with Gasteiger partial charge in [0, 0.05) is 17.8 Å². The third-order valence-corrected chi connectivity index (χ3v) is 4.67. The number of carbonyl (C=O) groups excluding carboxylic acids is 2. The minimum absolute atomic E-state index is 0.230. The van der Waals surface area contributed by atoms with Gasteiger partial charge in [0.1, 0.15) is 0 Å². The molecule has 0 saturated heterocycles. The van der Waals surface area contributed by atoms with E-state index in [0.29, 0.717) is 24.3 Å². The fourth-order valence-corrected chi connectivity index (χ4v) is 3.25. The Labute approximate surface area is 142 Å². The summed E-state index contributed by atoms with van der Waals surface area (Å²) < 4.78 is 10.5. The molecule has 24 heavy (non-hydrogen) atoms. The van der Waals surface area contributed by atoms with Crippen LogP contribution in [0.15, 0.2) is 18.2 Å². The quantitative estimate of drug-likeness (QED) is 0.850. The zero-order valence-corrected chi connectivity index (χ0v) is 14.3. The van der Waals surface area contributed by atoms with E-state index in [9.17, 15) is 14.7 Å². The van der Waals surface area contributed by atoms with E-state index >= 15 is 0 Å². The Hall–Kier alpha value is -2.24. The van der Waals surface area contributed by atoms with Crippen LogP contribution in [-0.4, -0.2) is 26.1 Å². The second-order valence-electron chi connectivity index (χ2n) is 6.16. The standard InChI is InChI=1S/C18H25NO5/c1-11(12-8-9-15(23-2)16(10-12)24-3)19-17(20)13-6-4-5-7-14(13)18(21)22/h8-11,13-14H,4-7H2,1-3H3,(H,19,20)(H,21,22)/p-1/t11-,13-,14+/m1/s1. The largest absolute Gasteiger partial charge is 0.550 e. The van der Waals surface area contributed by atoms with Crippen molar-refractivity contribution in [1.82, 2.24) is 5.32 Å². The summed E-state index contributed by atoms with van der Waals surface area (Å²) in [5.74, 6) is -1.38. The highest BCUT2D eigenvalue weighted by Crippen LogP contribution is 2.32. The molecule has 0 aliphatic heterocycles. The van der Waals surface area contributed by atoms with Crippen molar-refractivity contribution in [1.29, 1.82) is 0 Å². The van der Waals surface area contributed by atoms with Crippen LogP contribution in [0.5, 0.6) is 11.5 Å². The number of carbonyl (C=O) groups is 2. The number of carboxylic acid groups (broad SMARTS) is 1. The lowest BCUT2D eigenvalue weighted by atomic mass is 9.78. The summed E-state index contributed by atoms with van der Waals surface area (Å²) in [6.45, 7) is 1.86. The summed E-state index contributed by atoms with van der Waals surface area (Å²) in [5.41, 5.74) is 0.863. The number of rotatable bonds is 6. The monoisotopic (exact) mass is 334 g/mol. The Kier molecular flexibility index (Phi) is 6.06. The molecule has 0 unspecified atom stereocenters. The molecule has 1 N–H and O–H groups in total. The highest BCUT2D eigenvalue weighted by molar-refractivity contribution is 5.84. The lowest BCUT2D eigenvalue weighted by Crippen LogP contribution is -2.45. The molecule has 0 aromatic heterocycles. The van der Waals surface area contributed by atoms with Crippen LogP contribution < -0.4 is 19.9 Å². The lowest BCUT2D eigenvalue weighted by Gasteiger charge is -2.32. The second kappa shape index (κ2) is 8.04. The molecule has 1 aromatic rings. The lowest BCUT2D eigenvalue weighted by molar-refractivity contribution is -0.314. The van der Waals surface area contributed by atoms with Gasteiger partial charge in [-0.2, -0.15) is 0 Å². The topological polar surface area (TPSA) is 87.7 Å². The third-order valence-electron chi connectivity index (χ3n) is 4.67. The fourth-order valence-electron chi connectivity index (χ4n) is 3.25. The van der Waals surface area contributed by atoms with Crippen LogP contribution in [0.1, 0.15) is 44.2 Å². The molecule has 1 fully saturated rings. The zero-order chi connectivity index (χ0) is 17.7. The highest BCUT2D eigenvalue weighted by atomic mass is 16.5. The molecule has 0 spiro atoms. The van der Waals surface area contributed by atoms with Crippen molar-refractivity contribution in [2.45, 2.75) is 38.6 Å². The first kappa shape index (κ1) is 18.1. The molecule has 132 valence electrons. The molecule has 2 rings (SSSR count). The van der Waals surface area contributed by atoms with E-state index in [1.807, 2.05) is 13.0 Å². The SMILES string of the molecule is COc1ccc([C@@H](C)NC(=O)[C@@H]2CCCC[C@@H]2C(=O)[O-])cc1OC. The van der Waals surface area contributed by atoms with E-state index in [2.05, 4.69) is 5.32 Å². The summed E-state index contributed by atoms with van der Waals surface area (Å²) in [4.78, 5) is 23.8. The van der Waals surface area contributed by atoms with Crippen molar-refractivity contribution in [3.63, 3.8) is 0 Å². The number of benzene rings is 1. The highest BCUT2D eigenvalue weighted by Gasteiger charge is 2.32. The van der Waals surface area contributed by atoms with Crippen LogP contribution in [0.3, 0.4) is 0 Å². The first-order valence-electron chi connectivity index (χ1n) is 8.21. The van der Waals surface area contributed by atoms with Gasteiger partial charge in [-0.15, -0.1) is 0 Å². The summed E-state index contributed by atoms with van der Waals surface area (Å²) >= 11 is 0. The number of aliphatic carboxylic acids is 1. The van der Waals surface area contributed by atoms with Gasteiger partial charge in [-0.25, -0.2) is 0 Å². The number of nitrogens with one attached hydrogen (secondary N) is 1. The van der Waals surface area contributed by atoms with Crippen LogP contribution in [0, 0.1) is 11.8 Å².